The topological polar surface area (TPSA) is 75.8 Å². The molecule has 1 atom stereocenters. The summed E-state index contributed by atoms with van der Waals surface area (Å²) in [4.78, 5) is 14.2. The summed E-state index contributed by atoms with van der Waals surface area (Å²) in [6.07, 6.45) is 0.204. The molecule has 0 aliphatic carbocycles. The van der Waals surface area contributed by atoms with Gasteiger partial charge in [0.15, 0.2) is 5.58 Å². The lowest BCUT2D eigenvalue weighted by molar-refractivity contribution is -0.131. The molecule has 1 amide bonds. The molecule has 1 fully saturated rings. The molecule has 21 heavy (non-hydrogen) atoms. The molecule has 1 aromatic carbocycles. The molecule has 0 spiro atoms. The average Bonchev–Trinajstić information content (AvgIpc) is 2.76. The zero-order valence-electron chi connectivity index (χ0n) is 11.7. The quantitative estimate of drug-likeness (QED) is 0.906. The van der Waals surface area contributed by atoms with Crippen molar-refractivity contribution >= 4 is 16.9 Å². The van der Waals surface area contributed by atoms with Gasteiger partial charge in [-0.2, -0.15) is 0 Å². The first kappa shape index (κ1) is 14.0. The molecule has 2 heterocycles. The lowest BCUT2D eigenvalue weighted by Gasteiger charge is -2.22. The maximum absolute atomic E-state index is 12.4. The van der Waals surface area contributed by atoms with Crippen molar-refractivity contribution in [1.29, 1.82) is 0 Å². The van der Waals surface area contributed by atoms with Gasteiger partial charge in [-0.05, 0) is 12.1 Å². The van der Waals surface area contributed by atoms with Gasteiger partial charge in [-0.3, -0.25) is 4.79 Å². The summed E-state index contributed by atoms with van der Waals surface area (Å²) in [6, 6.07) is 7.50. The Labute approximate surface area is 122 Å². The van der Waals surface area contributed by atoms with Gasteiger partial charge in [0.2, 0.25) is 5.91 Å². The molecule has 0 radical (unpaired) electrons. The molecule has 0 bridgehead atoms. The third-order valence-corrected chi connectivity index (χ3v) is 3.72. The van der Waals surface area contributed by atoms with E-state index in [1.165, 1.54) is 0 Å². The lowest BCUT2D eigenvalue weighted by atomic mass is 10.1. The average molecular weight is 290 g/mol. The van der Waals surface area contributed by atoms with Crippen LogP contribution in [0.1, 0.15) is 5.69 Å². The second kappa shape index (κ2) is 6.24. The van der Waals surface area contributed by atoms with Gasteiger partial charge < -0.3 is 19.3 Å². The number of fused-ring (bicyclic) bond motifs is 1. The molecule has 3 rings (SSSR count). The number of hydrogen-bond acceptors (Lipinski definition) is 5. The monoisotopic (exact) mass is 290 g/mol. The fourth-order valence-corrected chi connectivity index (χ4v) is 2.54. The van der Waals surface area contributed by atoms with Gasteiger partial charge >= 0.3 is 0 Å². The first-order valence-corrected chi connectivity index (χ1v) is 7.07. The molecule has 1 N–H and O–H groups in total. The summed E-state index contributed by atoms with van der Waals surface area (Å²) in [5.41, 5.74) is 1.34. The second-order valence-electron chi connectivity index (χ2n) is 5.27. The molecule has 0 saturated carbocycles. The van der Waals surface area contributed by atoms with Crippen molar-refractivity contribution in [2.45, 2.75) is 6.42 Å². The number of para-hydroxylation sites is 1. The van der Waals surface area contributed by atoms with Crippen molar-refractivity contribution < 1.29 is 19.2 Å². The number of carbonyl (C=O) groups excluding carboxylic acids is 1. The Kier molecular flexibility index (Phi) is 4.17. The molecule has 2 aromatic rings. The highest BCUT2D eigenvalue weighted by Gasteiger charge is 2.23. The molecular weight excluding hydrogens is 272 g/mol. The number of aliphatic hydroxyl groups is 1. The standard InChI is InChI=1S/C15H18N2O4/c18-9-11-8-17(5-6-20-10-11)15(19)7-13-12-3-1-2-4-14(12)21-16-13/h1-4,11,18H,5-10H2. The molecule has 6 nitrogen and oxygen atoms in total. The molecule has 1 aromatic heterocycles. The first-order chi connectivity index (χ1) is 10.3. The van der Waals surface area contributed by atoms with E-state index >= 15 is 0 Å². The van der Waals surface area contributed by atoms with Crippen LogP contribution in [0.5, 0.6) is 0 Å². The van der Waals surface area contributed by atoms with Crippen molar-refractivity contribution in [3.63, 3.8) is 0 Å². The molecule has 1 aliphatic rings. The van der Waals surface area contributed by atoms with Crippen LogP contribution >= 0.6 is 0 Å². The largest absolute Gasteiger partial charge is 0.396 e. The van der Waals surface area contributed by atoms with Crippen LogP contribution in [0.2, 0.25) is 0 Å². The Morgan fingerprint density at radius 1 is 1.43 bits per heavy atom. The van der Waals surface area contributed by atoms with Crippen LogP contribution in [0.25, 0.3) is 11.0 Å². The number of aliphatic hydroxyl groups excluding tert-OH is 1. The van der Waals surface area contributed by atoms with Crippen LogP contribution in [-0.4, -0.2) is 54.0 Å². The summed E-state index contributed by atoms with van der Waals surface area (Å²) in [7, 11) is 0. The third kappa shape index (κ3) is 3.06. The first-order valence-electron chi connectivity index (χ1n) is 7.07. The van der Waals surface area contributed by atoms with Gasteiger partial charge in [-0.15, -0.1) is 0 Å². The Bertz CT molecular complexity index is 625. The molecule has 112 valence electrons. The number of carbonyl (C=O) groups is 1. The van der Waals surface area contributed by atoms with Crippen LogP contribution in [0.4, 0.5) is 0 Å². The zero-order valence-corrected chi connectivity index (χ0v) is 11.7. The van der Waals surface area contributed by atoms with E-state index in [4.69, 9.17) is 9.26 Å². The number of benzene rings is 1. The van der Waals surface area contributed by atoms with E-state index < -0.39 is 0 Å². The molecular formula is C15H18N2O4. The van der Waals surface area contributed by atoms with Crippen molar-refractivity contribution in [1.82, 2.24) is 10.1 Å². The van der Waals surface area contributed by atoms with Crippen LogP contribution < -0.4 is 0 Å². The van der Waals surface area contributed by atoms with Crippen molar-refractivity contribution in [3.05, 3.63) is 30.0 Å². The van der Waals surface area contributed by atoms with E-state index in [0.29, 0.717) is 37.6 Å². The second-order valence-corrected chi connectivity index (χ2v) is 5.27. The summed E-state index contributed by atoms with van der Waals surface area (Å²) in [5, 5.41) is 14.1. The minimum absolute atomic E-state index is 0.0157. The smallest absolute Gasteiger partial charge is 0.228 e. The summed E-state index contributed by atoms with van der Waals surface area (Å²) < 4.78 is 10.6. The number of hydrogen-bond donors (Lipinski definition) is 1. The summed E-state index contributed by atoms with van der Waals surface area (Å²) in [5.74, 6) is -0.0384. The van der Waals surface area contributed by atoms with Gasteiger partial charge in [0.05, 0.1) is 19.6 Å². The van der Waals surface area contributed by atoms with Crippen molar-refractivity contribution in [2.75, 3.05) is 32.9 Å². The van der Waals surface area contributed by atoms with Crippen LogP contribution in [0.15, 0.2) is 28.8 Å². The SMILES string of the molecule is O=C(Cc1noc2ccccc12)N1CCOCC(CO)C1. The number of ether oxygens (including phenoxy) is 1. The normalized spacial score (nSPS) is 19.7. The minimum Gasteiger partial charge on any atom is -0.396 e. The fourth-order valence-electron chi connectivity index (χ4n) is 2.54. The third-order valence-electron chi connectivity index (χ3n) is 3.72. The molecule has 1 saturated heterocycles. The van der Waals surface area contributed by atoms with E-state index in [9.17, 15) is 9.90 Å². The van der Waals surface area contributed by atoms with Gasteiger partial charge in [0.25, 0.3) is 0 Å². The van der Waals surface area contributed by atoms with Crippen LogP contribution in [0.3, 0.4) is 0 Å². The Morgan fingerprint density at radius 3 is 3.14 bits per heavy atom. The highest BCUT2D eigenvalue weighted by Crippen LogP contribution is 2.19. The zero-order chi connectivity index (χ0) is 14.7. The highest BCUT2D eigenvalue weighted by molar-refractivity contribution is 5.86. The van der Waals surface area contributed by atoms with E-state index in [1.54, 1.807) is 4.90 Å². The van der Waals surface area contributed by atoms with E-state index in [2.05, 4.69) is 5.16 Å². The Morgan fingerprint density at radius 2 is 2.29 bits per heavy atom. The van der Waals surface area contributed by atoms with Gasteiger partial charge in [0.1, 0.15) is 5.69 Å². The van der Waals surface area contributed by atoms with Crippen LogP contribution in [0, 0.1) is 5.92 Å². The fraction of sp³-hybridized carbons (Fsp3) is 0.467. The van der Waals surface area contributed by atoms with Gasteiger partial charge in [-0.25, -0.2) is 0 Å². The highest BCUT2D eigenvalue weighted by atomic mass is 16.5. The Balaban J connectivity index is 1.73. The van der Waals surface area contributed by atoms with E-state index in [-0.39, 0.29) is 24.9 Å². The number of aromatic nitrogens is 1. The van der Waals surface area contributed by atoms with Crippen molar-refractivity contribution in [2.24, 2.45) is 5.92 Å². The number of nitrogens with zero attached hydrogens (tertiary/aromatic N) is 2. The summed E-state index contributed by atoms with van der Waals surface area (Å²) >= 11 is 0. The predicted octanol–water partition coefficient (Wildman–Crippen LogP) is 0.838. The van der Waals surface area contributed by atoms with E-state index in [0.717, 1.165) is 5.39 Å². The lowest BCUT2D eigenvalue weighted by Crippen LogP contribution is -2.37. The Hall–Kier alpha value is -1.92. The maximum atomic E-state index is 12.4. The van der Waals surface area contributed by atoms with Gasteiger partial charge in [-0.1, -0.05) is 17.3 Å². The van der Waals surface area contributed by atoms with Gasteiger partial charge in [0, 0.05) is 31.0 Å². The predicted molar refractivity (Wildman–Crippen MR) is 75.7 cm³/mol. The summed E-state index contributed by atoms with van der Waals surface area (Å²) in [6.45, 7) is 2.09. The molecule has 6 heteroatoms. The van der Waals surface area contributed by atoms with E-state index in [1.807, 2.05) is 24.3 Å². The maximum Gasteiger partial charge on any atom is 0.228 e. The molecule has 1 aliphatic heterocycles. The number of amides is 1. The molecule has 1 unspecified atom stereocenters. The van der Waals surface area contributed by atoms with Crippen LogP contribution in [-0.2, 0) is 16.0 Å². The minimum atomic E-state index is -0.0227. The van der Waals surface area contributed by atoms with Crippen molar-refractivity contribution in [3.8, 4) is 0 Å². The number of rotatable bonds is 3.